The molecule has 0 aliphatic carbocycles. The Morgan fingerprint density at radius 2 is 2.40 bits per heavy atom. The summed E-state index contributed by atoms with van der Waals surface area (Å²) in [5, 5.41) is 9.92. The van der Waals surface area contributed by atoms with Gasteiger partial charge in [0.15, 0.2) is 0 Å². The number of aromatic nitrogens is 2. The number of ether oxygens (including phenoxy) is 2. The number of hydrogen-bond donors (Lipinski definition) is 2. The first-order chi connectivity index (χ1) is 9.52. The number of aromatic amines is 1. The molecule has 2 rings (SSSR count). The molecular formula is C13H18N2O5. The van der Waals surface area contributed by atoms with Crippen LogP contribution in [-0.4, -0.2) is 40.1 Å². The van der Waals surface area contributed by atoms with Gasteiger partial charge >= 0.3 is 5.69 Å². The van der Waals surface area contributed by atoms with Crippen LogP contribution >= 0.6 is 0 Å². The average Bonchev–Trinajstić information content (AvgIpc) is 2.76. The summed E-state index contributed by atoms with van der Waals surface area (Å²) in [6.07, 6.45) is 1.49. The van der Waals surface area contributed by atoms with Gasteiger partial charge in [0.25, 0.3) is 5.56 Å². The Bertz CT molecular complexity index is 591. The summed E-state index contributed by atoms with van der Waals surface area (Å²) in [6.45, 7) is 5.72. The smallest absolute Gasteiger partial charge is 0.330 e. The molecule has 1 saturated heterocycles. The number of hydrogen-bond acceptors (Lipinski definition) is 5. The summed E-state index contributed by atoms with van der Waals surface area (Å²) in [7, 11) is 0. The summed E-state index contributed by atoms with van der Waals surface area (Å²) in [6, 6.07) is 0. The van der Waals surface area contributed by atoms with Crippen LogP contribution in [0, 0.1) is 6.92 Å². The lowest BCUT2D eigenvalue weighted by Gasteiger charge is -2.16. The number of nitrogens with zero attached hydrogens (tertiary/aromatic N) is 1. The van der Waals surface area contributed by atoms with Gasteiger partial charge in [-0.25, -0.2) is 4.79 Å². The quantitative estimate of drug-likeness (QED) is 0.571. The van der Waals surface area contributed by atoms with Crippen LogP contribution in [0.25, 0.3) is 0 Å². The van der Waals surface area contributed by atoms with E-state index in [9.17, 15) is 14.7 Å². The van der Waals surface area contributed by atoms with E-state index in [1.54, 1.807) is 13.0 Å². The molecule has 0 radical (unpaired) electrons. The van der Waals surface area contributed by atoms with Gasteiger partial charge in [-0.2, -0.15) is 0 Å². The van der Waals surface area contributed by atoms with Crippen molar-refractivity contribution in [3.63, 3.8) is 0 Å². The second kappa shape index (κ2) is 6.17. The molecule has 0 amide bonds. The number of aryl methyl sites for hydroxylation is 1. The van der Waals surface area contributed by atoms with E-state index >= 15 is 0 Å². The third kappa shape index (κ3) is 3.06. The van der Waals surface area contributed by atoms with E-state index in [4.69, 9.17) is 9.47 Å². The normalized spacial score (nSPS) is 25.8. The van der Waals surface area contributed by atoms with Crippen molar-refractivity contribution in [2.45, 2.75) is 31.8 Å². The third-order valence-corrected chi connectivity index (χ3v) is 3.18. The van der Waals surface area contributed by atoms with Crippen LogP contribution in [0.15, 0.2) is 28.4 Å². The van der Waals surface area contributed by atoms with Crippen LogP contribution in [0.5, 0.6) is 0 Å². The second-order valence-electron chi connectivity index (χ2n) is 4.74. The number of aliphatic hydroxyl groups excluding tert-OH is 1. The van der Waals surface area contributed by atoms with Gasteiger partial charge < -0.3 is 14.6 Å². The molecule has 3 atom stereocenters. The fraction of sp³-hybridized carbons (Fsp3) is 0.538. The van der Waals surface area contributed by atoms with Gasteiger partial charge in [0.05, 0.1) is 19.3 Å². The fourth-order valence-electron chi connectivity index (χ4n) is 2.10. The van der Waals surface area contributed by atoms with Crippen LogP contribution in [0.4, 0.5) is 0 Å². The van der Waals surface area contributed by atoms with Gasteiger partial charge in [-0.05, 0) is 6.92 Å². The van der Waals surface area contributed by atoms with E-state index in [2.05, 4.69) is 11.6 Å². The van der Waals surface area contributed by atoms with Gasteiger partial charge in [-0.1, -0.05) is 6.08 Å². The molecule has 7 nitrogen and oxygen atoms in total. The Labute approximate surface area is 115 Å². The van der Waals surface area contributed by atoms with Gasteiger partial charge in [-0.3, -0.25) is 14.3 Å². The Morgan fingerprint density at radius 1 is 1.65 bits per heavy atom. The Hall–Kier alpha value is -1.70. The van der Waals surface area contributed by atoms with Crippen LogP contribution in [0.3, 0.4) is 0 Å². The average molecular weight is 282 g/mol. The predicted octanol–water partition coefficient (Wildman–Crippen LogP) is -0.304. The number of H-pyrrole nitrogens is 1. The molecule has 2 N–H and O–H groups in total. The van der Waals surface area contributed by atoms with Crippen LogP contribution < -0.4 is 11.2 Å². The van der Waals surface area contributed by atoms with Crippen LogP contribution in [0.1, 0.15) is 18.2 Å². The zero-order chi connectivity index (χ0) is 14.7. The molecular weight excluding hydrogens is 264 g/mol. The summed E-state index contributed by atoms with van der Waals surface area (Å²) >= 11 is 0. The molecule has 1 aromatic heterocycles. The highest BCUT2D eigenvalue weighted by atomic mass is 16.6. The molecule has 1 fully saturated rings. The Morgan fingerprint density at radius 3 is 3.10 bits per heavy atom. The van der Waals surface area contributed by atoms with Crippen molar-refractivity contribution in [1.82, 2.24) is 9.55 Å². The van der Waals surface area contributed by atoms with Crippen molar-refractivity contribution in [2.24, 2.45) is 0 Å². The summed E-state index contributed by atoms with van der Waals surface area (Å²) in [4.78, 5) is 25.3. The Kier molecular flexibility index (Phi) is 4.53. The summed E-state index contributed by atoms with van der Waals surface area (Å²) in [5.74, 6) is 0. The first kappa shape index (κ1) is 14.7. The van der Waals surface area contributed by atoms with Crippen molar-refractivity contribution in [2.75, 3.05) is 13.2 Å². The SMILES string of the molecule is C=CCOC[C@H]1O[C@@H](n2cc(C)c(=O)[nH]c2=O)CC1O. The fourth-order valence-corrected chi connectivity index (χ4v) is 2.10. The minimum Gasteiger partial charge on any atom is -0.390 e. The molecule has 7 heteroatoms. The largest absolute Gasteiger partial charge is 0.390 e. The van der Waals surface area contributed by atoms with Gasteiger partial charge in [0, 0.05) is 18.2 Å². The monoisotopic (exact) mass is 282 g/mol. The highest BCUT2D eigenvalue weighted by molar-refractivity contribution is 5.02. The maximum atomic E-state index is 11.8. The molecule has 2 heterocycles. The van der Waals surface area contributed by atoms with E-state index in [0.717, 1.165) is 0 Å². The second-order valence-corrected chi connectivity index (χ2v) is 4.74. The highest BCUT2D eigenvalue weighted by Crippen LogP contribution is 2.27. The molecule has 0 saturated carbocycles. The Balaban J connectivity index is 2.12. The first-order valence-corrected chi connectivity index (χ1v) is 6.37. The topological polar surface area (TPSA) is 93.5 Å². The third-order valence-electron chi connectivity index (χ3n) is 3.18. The van der Waals surface area contributed by atoms with Crippen molar-refractivity contribution >= 4 is 0 Å². The zero-order valence-electron chi connectivity index (χ0n) is 11.2. The van der Waals surface area contributed by atoms with Crippen LogP contribution in [-0.2, 0) is 9.47 Å². The van der Waals surface area contributed by atoms with E-state index in [0.29, 0.717) is 12.2 Å². The lowest BCUT2D eigenvalue weighted by Crippen LogP contribution is -2.33. The van der Waals surface area contributed by atoms with Gasteiger partial charge in [0.2, 0.25) is 0 Å². The molecule has 1 aliphatic heterocycles. The minimum absolute atomic E-state index is 0.223. The molecule has 110 valence electrons. The highest BCUT2D eigenvalue weighted by Gasteiger charge is 2.35. The van der Waals surface area contributed by atoms with Crippen molar-refractivity contribution < 1.29 is 14.6 Å². The van der Waals surface area contributed by atoms with Crippen molar-refractivity contribution in [3.8, 4) is 0 Å². The molecule has 1 aliphatic rings. The molecule has 1 unspecified atom stereocenters. The predicted molar refractivity (Wildman–Crippen MR) is 71.6 cm³/mol. The van der Waals surface area contributed by atoms with Crippen molar-refractivity contribution in [3.05, 3.63) is 45.3 Å². The number of aliphatic hydroxyl groups is 1. The lowest BCUT2D eigenvalue weighted by atomic mass is 10.2. The van der Waals surface area contributed by atoms with E-state index in [1.807, 2.05) is 0 Å². The summed E-state index contributed by atoms with van der Waals surface area (Å²) < 4.78 is 12.1. The molecule has 0 aromatic carbocycles. The van der Waals surface area contributed by atoms with E-state index < -0.39 is 29.7 Å². The minimum atomic E-state index is -0.719. The van der Waals surface area contributed by atoms with Crippen LogP contribution in [0.2, 0.25) is 0 Å². The molecule has 0 bridgehead atoms. The lowest BCUT2D eigenvalue weighted by molar-refractivity contribution is -0.0595. The first-order valence-electron chi connectivity index (χ1n) is 6.37. The van der Waals surface area contributed by atoms with Crippen molar-refractivity contribution in [1.29, 1.82) is 0 Å². The van der Waals surface area contributed by atoms with E-state index in [-0.39, 0.29) is 13.0 Å². The summed E-state index contributed by atoms with van der Waals surface area (Å²) in [5.41, 5.74) is -0.560. The molecule has 0 spiro atoms. The number of rotatable bonds is 5. The standard InChI is InChI=1S/C13H18N2O5/c1-3-4-19-7-10-9(16)5-11(20-10)15-6-8(2)12(17)14-13(15)18/h3,6,9-11,16H,1,4-5,7H2,2H3,(H,14,17,18)/t9?,10-,11-/m1/s1. The van der Waals surface area contributed by atoms with Gasteiger partial charge in [0.1, 0.15) is 12.3 Å². The maximum absolute atomic E-state index is 11.8. The number of nitrogens with one attached hydrogen (secondary N) is 1. The van der Waals surface area contributed by atoms with Gasteiger partial charge in [-0.15, -0.1) is 6.58 Å². The van der Waals surface area contributed by atoms with E-state index in [1.165, 1.54) is 10.8 Å². The maximum Gasteiger partial charge on any atom is 0.330 e. The molecule has 20 heavy (non-hydrogen) atoms. The molecule has 1 aromatic rings. The zero-order valence-corrected chi connectivity index (χ0v) is 11.2.